The third-order valence-corrected chi connectivity index (χ3v) is 3.73. The Morgan fingerprint density at radius 3 is 2.56 bits per heavy atom. The summed E-state index contributed by atoms with van der Waals surface area (Å²) in [6.07, 6.45) is 0. The molecule has 0 aliphatic rings. The molecule has 140 valence electrons. The van der Waals surface area contributed by atoms with Gasteiger partial charge < -0.3 is 10.6 Å². The molecule has 2 heterocycles. The lowest BCUT2D eigenvalue weighted by Crippen LogP contribution is -2.28. The molecule has 3 rings (SSSR count). The van der Waals surface area contributed by atoms with Crippen LogP contribution >= 0.6 is 0 Å². The van der Waals surface area contributed by atoms with Gasteiger partial charge in [-0.15, -0.1) is 5.10 Å². The van der Waals surface area contributed by atoms with E-state index in [2.05, 4.69) is 26.0 Å². The molecule has 3 amide bonds. The first kappa shape index (κ1) is 18.3. The summed E-state index contributed by atoms with van der Waals surface area (Å²) >= 11 is 0. The largest absolute Gasteiger partial charge is 0.351 e. The maximum atomic E-state index is 13.6. The number of urea groups is 1. The summed E-state index contributed by atoms with van der Waals surface area (Å²) in [5.74, 6) is -0.676. The number of fused-ring (bicyclic) bond motifs is 1. The summed E-state index contributed by atoms with van der Waals surface area (Å²) in [7, 11) is 0. The van der Waals surface area contributed by atoms with Crippen LogP contribution in [0.2, 0.25) is 0 Å². The smallest absolute Gasteiger partial charge is 0.321 e. The molecule has 0 radical (unpaired) electrons. The van der Waals surface area contributed by atoms with Crippen LogP contribution in [0.3, 0.4) is 0 Å². The number of carbonyl (C=O) groups excluding carboxylic acids is 2. The molecule has 0 fully saturated rings. The zero-order valence-corrected chi connectivity index (χ0v) is 14.9. The van der Waals surface area contributed by atoms with Gasteiger partial charge in [-0.05, 0) is 49.2 Å². The molecule has 0 saturated carbocycles. The van der Waals surface area contributed by atoms with Gasteiger partial charge >= 0.3 is 6.03 Å². The first-order chi connectivity index (χ1) is 13.0. The van der Waals surface area contributed by atoms with Gasteiger partial charge in [0.25, 0.3) is 11.9 Å². The molecule has 0 aliphatic carbocycles. The number of hydrogen-bond acceptors (Lipinski definition) is 4. The van der Waals surface area contributed by atoms with Crippen molar-refractivity contribution < 1.29 is 14.0 Å². The average molecular weight is 370 g/mol. The van der Waals surface area contributed by atoms with Gasteiger partial charge in [-0.1, -0.05) is 12.1 Å². The second kappa shape index (κ2) is 7.81. The Balaban J connectivity index is 2.10. The van der Waals surface area contributed by atoms with Crippen LogP contribution in [0, 0.1) is 5.82 Å². The van der Waals surface area contributed by atoms with Gasteiger partial charge in [-0.3, -0.25) is 10.1 Å². The fourth-order valence-electron chi connectivity index (χ4n) is 2.59. The molecule has 0 unspecified atom stereocenters. The number of nitrogens with one attached hydrogen (secondary N) is 3. The minimum atomic E-state index is -0.446. The first-order valence-electron chi connectivity index (χ1n) is 8.51. The third-order valence-electron chi connectivity index (χ3n) is 3.73. The summed E-state index contributed by atoms with van der Waals surface area (Å²) in [6.45, 7) is 4.47. The number of nitrogens with zero attached hydrogens (tertiary/aromatic N) is 3. The lowest BCUT2D eigenvalue weighted by Gasteiger charge is -2.08. The molecule has 3 aromatic rings. The quantitative estimate of drug-likeness (QED) is 0.642. The number of pyridine rings is 1. The van der Waals surface area contributed by atoms with Gasteiger partial charge in [0.05, 0.1) is 0 Å². The van der Waals surface area contributed by atoms with Gasteiger partial charge in [0.2, 0.25) is 0 Å². The van der Waals surface area contributed by atoms with Crippen molar-refractivity contribution in [1.29, 1.82) is 0 Å². The van der Waals surface area contributed by atoms with Crippen molar-refractivity contribution in [3.8, 4) is 11.1 Å². The molecule has 0 atom stereocenters. The van der Waals surface area contributed by atoms with Crippen molar-refractivity contribution in [1.82, 2.24) is 25.2 Å². The molecule has 3 N–H and O–H groups in total. The normalized spacial score (nSPS) is 10.6. The highest BCUT2D eigenvalue weighted by atomic mass is 19.1. The van der Waals surface area contributed by atoms with Crippen molar-refractivity contribution in [3.63, 3.8) is 0 Å². The van der Waals surface area contributed by atoms with Crippen molar-refractivity contribution >= 4 is 23.5 Å². The summed E-state index contributed by atoms with van der Waals surface area (Å²) in [5, 5.41) is 12.0. The monoisotopic (exact) mass is 370 g/mol. The summed E-state index contributed by atoms with van der Waals surface area (Å²) in [6, 6.07) is 8.88. The Morgan fingerprint density at radius 2 is 1.85 bits per heavy atom. The summed E-state index contributed by atoms with van der Waals surface area (Å²) in [4.78, 5) is 28.4. The van der Waals surface area contributed by atoms with Crippen LogP contribution in [0.25, 0.3) is 16.8 Å². The Labute approximate surface area is 154 Å². The van der Waals surface area contributed by atoms with E-state index in [1.807, 2.05) is 0 Å². The lowest BCUT2D eigenvalue weighted by molar-refractivity contribution is 0.0948. The zero-order chi connectivity index (χ0) is 19.4. The van der Waals surface area contributed by atoms with E-state index in [1.54, 1.807) is 38.1 Å². The predicted octanol–water partition coefficient (Wildman–Crippen LogP) is 2.43. The van der Waals surface area contributed by atoms with Crippen molar-refractivity contribution in [3.05, 3.63) is 47.9 Å². The van der Waals surface area contributed by atoms with Crippen LogP contribution in [-0.4, -0.2) is 39.6 Å². The van der Waals surface area contributed by atoms with E-state index >= 15 is 0 Å². The highest BCUT2D eigenvalue weighted by Crippen LogP contribution is 2.24. The maximum Gasteiger partial charge on any atom is 0.321 e. The van der Waals surface area contributed by atoms with Crippen molar-refractivity contribution in [2.75, 3.05) is 18.4 Å². The molecule has 0 spiro atoms. The van der Waals surface area contributed by atoms with E-state index in [9.17, 15) is 14.0 Å². The second-order valence-corrected chi connectivity index (χ2v) is 5.69. The number of anilines is 1. The van der Waals surface area contributed by atoms with Crippen molar-refractivity contribution in [2.24, 2.45) is 0 Å². The van der Waals surface area contributed by atoms with E-state index in [4.69, 9.17) is 0 Å². The van der Waals surface area contributed by atoms with Crippen LogP contribution in [-0.2, 0) is 0 Å². The van der Waals surface area contributed by atoms with Crippen LogP contribution in [0.15, 0.2) is 36.4 Å². The molecular weight excluding hydrogens is 351 g/mol. The first-order valence-corrected chi connectivity index (χ1v) is 8.51. The highest BCUT2D eigenvalue weighted by Gasteiger charge is 2.17. The van der Waals surface area contributed by atoms with E-state index in [0.29, 0.717) is 29.9 Å². The number of carbonyl (C=O) groups is 2. The summed E-state index contributed by atoms with van der Waals surface area (Å²) in [5.41, 5.74) is 1.79. The van der Waals surface area contributed by atoms with Crippen LogP contribution < -0.4 is 16.0 Å². The molecular formula is C18H19FN6O2. The fraction of sp³-hybridized carbons (Fsp3) is 0.222. The molecule has 0 aliphatic heterocycles. The lowest BCUT2D eigenvalue weighted by atomic mass is 10.1. The summed E-state index contributed by atoms with van der Waals surface area (Å²) < 4.78 is 14.9. The number of rotatable bonds is 5. The van der Waals surface area contributed by atoms with Crippen molar-refractivity contribution in [2.45, 2.75) is 13.8 Å². The number of hydrogen-bond donors (Lipinski definition) is 3. The van der Waals surface area contributed by atoms with Gasteiger partial charge in [-0.2, -0.15) is 4.98 Å². The van der Waals surface area contributed by atoms with Gasteiger partial charge in [-0.25, -0.2) is 13.7 Å². The molecule has 2 aromatic heterocycles. The van der Waals surface area contributed by atoms with E-state index < -0.39 is 6.03 Å². The van der Waals surface area contributed by atoms with Gasteiger partial charge in [0.15, 0.2) is 5.65 Å². The van der Waals surface area contributed by atoms with E-state index in [-0.39, 0.29) is 23.4 Å². The van der Waals surface area contributed by atoms with E-state index in [0.717, 1.165) is 0 Å². The predicted molar refractivity (Wildman–Crippen MR) is 99.1 cm³/mol. The Bertz CT molecular complexity index is 1000. The average Bonchev–Trinajstić information content (AvgIpc) is 3.03. The molecule has 9 heteroatoms. The minimum absolute atomic E-state index is 0.0582. The molecule has 0 bridgehead atoms. The minimum Gasteiger partial charge on any atom is -0.351 e. The number of benzene rings is 1. The maximum absolute atomic E-state index is 13.6. The van der Waals surface area contributed by atoms with Gasteiger partial charge in [0.1, 0.15) is 11.5 Å². The number of aromatic nitrogens is 3. The second-order valence-electron chi connectivity index (χ2n) is 5.69. The molecule has 8 nitrogen and oxygen atoms in total. The van der Waals surface area contributed by atoms with Gasteiger partial charge in [0, 0.05) is 13.1 Å². The van der Waals surface area contributed by atoms with Crippen LogP contribution in [0.4, 0.5) is 15.1 Å². The Kier molecular flexibility index (Phi) is 5.30. The third kappa shape index (κ3) is 4.02. The Morgan fingerprint density at radius 1 is 1.07 bits per heavy atom. The number of halogens is 1. The standard InChI is InChI=1S/C18H19FN6O2/c1-3-20-16(26)14-9-12(11-6-5-7-13(19)8-11)10-15-22-17(24-25(14)15)23-18(27)21-4-2/h5-10H,3-4H2,1-2H3,(H,20,26)(H2,21,23,24,27). The molecule has 27 heavy (non-hydrogen) atoms. The fourth-order valence-corrected chi connectivity index (χ4v) is 2.59. The topological polar surface area (TPSA) is 100 Å². The Hall–Kier alpha value is -3.49. The highest BCUT2D eigenvalue weighted by molar-refractivity contribution is 5.95. The van der Waals surface area contributed by atoms with Crippen LogP contribution in [0.5, 0.6) is 0 Å². The zero-order valence-electron chi connectivity index (χ0n) is 14.9. The SMILES string of the molecule is CCNC(=O)Nc1nc2cc(-c3cccc(F)c3)cc(C(=O)NCC)n2n1. The molecule has 1 aromatic carbocycles. The van der Waals surface area contributed by atoms with E-state index in [1.165, 1.54) is 16.6 Å². The van der Waals surface area contributed by atoms with Crippen LogP contribution in [0.1, 0.15) is 24.3 Å². The number of amides is 3. The molecule has 0 saturated heterocycles.